The van der Waals surface area contributed by atoms with E-state index in [1.54, 1.807) is 19.2 Å². The van der Waals surface area contributed by atoms with E-state index in [1.807, 2.05) is 37.3 Å². The van der Waals surface area contributed by atoms with E-state index in [9.17, 15) is 9.59 Å². The summed E-state index contributed by atoms with van der Waals surface area (Å²) in [6, 6.07) is 13.3. The lowest BCUT2D eigenvalue weighted by Crippen LogP contribution is -2.14. The second-order valence-electron chi connectivity index (χ2n) is 5.43. The molecular weight excluding hydrogens is 278 g/mol. The molecule has 5 heteroatoms. The van der Waals surface area contributed by atoms with Gasteiger partial charge in [-0.25, -0.2) is 4.79 Å². The number of H-pyrrole nitrogens is 1. The standard InChI is InChI=1S/C17H17N3O2/c1-11-3-5-12(6-4-11)9-16(21)18-13-7-8-15-14(10-13)19-17(22)20(15)2/h3-8,10H,9H2,1-2H3,(H,18,21)(H,19,22). The fourth-order valence-corrected chi connectivity index (χ4v) is 2.41. The third-order valence-corrected chi connectivity index (χ3v) is 3.67. The summed E-state index contributed by atoms with van der Waals surface area (Å²) in [4.78, 5) is 26.4. The highest BCUT2D eigenvalue weighted by atomic mass is 16.2. The number of carbonyl (C=O) groups is 1. The van der Waals surface area contributed by atoms with Gasteiger partial charge in [-0.15, -0.1) is 0 Å². The van der Waals surface area contributed by atoms with Crippen LogP contribution in [-0.2, 0) is 18.3 Å². The topological polar surface area (TPSA) is 66.9 Å². The molecule has 1 amide bonds. The molecule has 0 unspecified atom stereocenters. The Bertz CT molecular complexity index is 888. The Hall–Kier alpha value is -2.82. The van der Waals surface area contributed by atoms with Crippen molar-refractivity contribution in [1.29, 1.82) is 0 Å². The van der Waals surface area contributed by atoms with Crippen molar-refractivity contribution < 1.29 is 4.79 Å². The first-order valence-corrected chi connectivity index (χ1v) is 7.07. The largest absolute Gasteiger partial charge is 0.326 e. The number of carbonyl (C=O) groups excluding carboxylic acids is 1. The van der Waals surface area contributed by atoms with Gasteiger partial charge in [0.1, 0.15) is 0 Å². The zero-order valence-corrected chi connectivity index (χ0v) is 12.5. The van der Waals surface area contributed by atoms with Gasteiger partial charge in [-0.2, -0.15) is 0 Å². The number of nitrogens with one attached hydrogen (secondary N) is 2. The summed E-state index contributed by atoms with van der Waals surface area (Å²) >= 11 is 0. The van der Waals surface area contributed by atoms with Gasteiger partial charge in [-0.05, 0) is 30.7 Å². The lowest BCUT2D eigenvalue weighted by atomic mass is 10.1. The quantitative estimate of drug-likeness (QED) is 0.779. The minimum atomic E-state index is -0.168. The van der Waals surface area contributed by atoms with Crippen LogP contribution in [0.1, 0.15) is 11.1 Å². The molecule has 0 atom stereocenters. The maximum Gasteiger partial charge on any atom is 0.326 e. The first-order chi connectivity index (χ1) is 10.5. The van der Waals surface area contributed by atoms with Gasteiger partial charge in [0.2, 0.25) is 5.91 Å². The zero-order valence-electron chi connectivity index (χ0n) is 12.5. The maximum absolute atomic E-state index is 12.1. The number of rotatable bonds is 3. The van der Waals surface area contributed by atoms with Crippen LogP contribution in [0.4, 0.5) is 5.69 Å². The van der Waals surface area contributed by atoms with Crippen LogP contribution in [0.25, 0.3) is 11.0 Å². The molecule has 22 heavy (non-hydrogen) atoms. The van der Waals surface area contributed by atoms with Gasteiger partial charge < -0.3 is 10.3 Å². The van der Waals surface area contributed by atoms with Gasteiger partial charge in [-0.1, -0.05) is 29.8 Å². The maximum atomic E-state index is 12.1. The second-order valence-corrected chi connectivity index (χ2v) is 5.43. The summed E-state index contributed by atoms with van der Waals surface area (Å²) < 4.78 is 1.53. The second kappa shape index (κ2) is 5.52. The van der Waals surface area contributed by atoms with Crippen molar-refractivity contribution in [2.75, 3.05) is 5.32 Å². The lowest BCUT2D eigenvalue weighted by Gasteiger charge is -2.06. The van der Waals surface area contributed by atoms with E-state index < -0.39 is 0 Å². The molecule has 1 heterocycles. The Morgan fingerprint density at radius 3 is 2.64 bits per heavy atom. The number of benzene rings is 2. The average Bonchev–Trinajstić information content (AvgIpc) is 2.76. The van der Waals surface area contributed by atoms with Crippen molar-refractivity contribution in [2.45, 2.75) is 13.3 Å². The van der Waals surface area contributed by atoms with E-state index in [0.717, 1.165) is 11.1 Å². The average molecular weight is 295 g/mol. The number of hydrogen-bond donors (Lipinski definition) is 2. The van der Waals surface area contributed by atoms with Crippen LogP contribution in [0, 0.1) is 6.92 Å². The number of hydrogen-bond acceptors (Lipinski definition) is 2. The smallest absolute Gasteiger partial charge is 0.326 e. The molecule has 1 aromatic heterocycles. The Kier molecular flexibility index (Phi) is 3.55. The first-order valence-electron chi connectivity index (χ1n) is 7.07. The summed E-state index contributed by atoms with van der Waals surface area (Å²) in [7, 11) is 1.71. The third kappa shape index (κ3) is 2.79. The van der Waals surface area contributed by atoms with E-state index in [-0.39, 0.29) is 11.6 Å². The molecule has 0 aliphatic rings. The van der Waals surface area contributed by atoms with Crippen molar-refractivity contribution in [1.82, 2.24) is 9.55 Å². The number of anilines is 1. The first kappa shape index (κ1) is 14.1. The molecular formula is C17H17N3O2. The molecule has 0 aliphatic heterocycles. The van der Waals surface area contributed by atoms with Gasteiger partial charge >= 0.3 is 5.69 Å². The van der Waals surface area contributed by atoms with Crippen LogP contribution < -0.4 is 11.0 Å². The molecule has 0 spiro atoms. The minimum absolute atomic E-state index is 0.0820. The summed E-state index contributed by atoms with van der Waals surface area (Å²) in [5, 5.41) is 2.86. The van der Waals surface area contributed by atoms with Crippen LogP contribution >= 0.6 is 0 Å². The van der Waals surface area contributed by atoms with Crippen LogP contribution in [0.3, 0.4) is 0 Å². The molecule has 5 nitrogen and oxygen atoms in total. The fourth-order valence-electron chi connectivity index (χ4n) is 2.41. The van der Waals surface area contributed by atoms with Crippen LogP contribution in [-0.4, -0.2) is 15.5 Å². The molecule has 2 aromatic carbocycles. The number of aromatic amines is 1. The van der Waals surface area contributed by atoms with Crippen molar-refractivity contribution in [3.63, 3.8) is 0 Å². The molecule has 3 rings (SSSR count). The third-order valence-electron chi connectivity index (χ3n) is 3.67. The van der Waals surface area contributed by atoms with Gasteiger partial charge in [0.25, 0.3) is 0 Å². The highest BCUT2D eigenvalue weighted by Gasteiger charge is 2.07. The summed E-state index contributed by atoms with van der Waals surface area (Å²) in [6.45, 7) is 2.01. The molecule has 0 fully saturated rings. The Morgan fingerprint density at radius 2 is 1.91 bits per heavy atom. The predicted octanol–water partition coefficient (Wildman–Crippen LogP) is 2.36. The van der Waals surface area contributed by atoms with Crippen molar-refractivity contribution in [2.24, 2.45) is 7.05 Å². The molecule has 0 saturated carbocycles. The normalized spacial score (nSPS) is 10.8. The van der Waals surface area contributed by atoms with Gasteiger partial charge in [0, 0.05) is 12.7 Å². The molecule has 0 aliphatic carbocycles. The zero-order chi connectivity index (χ0) is 15.7. The van der Waals surface area contributed by atoms with E-state index >= 15 is 0 Å². The molecule has 0 radical (unpaired) electrons. The van der Waals surface area contributed by atoms with E-state index in [4.69, 9.17) is 0 Å². The van der Waals surface area contributed by atoms with Crippen LogP contribution in [0.2, 0.25) is 0 Å². The molecule has 0 bridgehead atoms. The van der Waals surface area contributed by atoms with Gasteiger partial charge in [0.05, 0.1) is 17.5 Å². The molecule has 3 aromatic rings. The Labute approximate surface area is 127 Å². The monoisotopic (exact) mass is 295 g/mol. The number of fused-ring (bicyclic) bond motifs is 1. The predicted molar refractivity (Wildman–Crippen MR) is 87.1 cm³/mol. The lowest BCUT2D eigenvalue weighted by molar-refractivity contribution is -0.115. The molecule has 0 saturated heterocycles. The van der Waals surface area contributed by atoms with E-state index in [1.165, 1.54) is 10.1 Å². The van der Waals surface area contributed by atoms with Crippen molar-refractivity contribution in [3.05, 3.63) is 64.1 Å². The van der Waals surface area contributed by atoms with E-state index in [0.29, 0.717) is 17.6 Å². The number of nitrogens with zero attached hydrogens (tertiary/aromatic N) is 1. The summed E-state index contributed by atoms with van der Waals surface area (Å²) in [6.07, 6.45) is 0.323. The SMILES string of the molecule is Cc1ccc(CC(=O)Nc2ccc3c(c2)[nH]c(=O)n3C)cc1. The van der Waals surface area contributed by atoms with Gasteiger partial charge in [0.15, 0.2) is 0 Å². The fraction of sp³-hybridized carbons (Fsp3) is 0.176. The molecule has 112 valence electrons. The number of aryl methyl sites for hydroxylation is 2. The summed E-state index contributed by atoms with van der Waals surface area (Å²) in [5.41, 5.74) is 4.16. The number of amides is 1. The van der Waals surface area contributed by atoms with Crippen molar-refractivity contribution in [3.8, 4) is 0 Å². The number of aromatic nitrogens is 2. The van der Waals surface area contributed by atoms with Crippen LogP contribution in [0.5, 0.6) is 0 Å². The Balaban J connectivity index is 1.76. The van der Waals surface area contributed by atoms with Crippen molar-refractivity contribution >= 4 is 22.6 Å². The number of imidazole rings is 1. The van der Waals surface area contributed by atoms with Gasteiger partial charge in [-0.3, -0.25) is 9.36 Å². The highest BCUT2D eigenvalue weighted by Crippen LogP contribution is 2.16. The highest BCUT2D eigenvalue weighted by molar-refractivity contribution is 5.94. The minimum Gasteiger partial charge on any atom is -0.326 e. The summed E-state index contributed by atoms with van der Waals surface area (Å²) in [5.74, 6) is -0.0820. The Morgan fingerprint density at radius 1 is 1.18 bits per heavy atom. The van der Waals surface area contributed by atoms with E-state index in [2.05, 4.69) is 10.3 Å². The molecule has 2 N–H and O–H groups in total. The van der Waals surface area contributed by atoms with Crippen LogP contribution in [0.15, 0.2) is 47.3 Å².